The first kappa shape index (κ1) is 7.57. The maximum Gasteiger partial charge on any atom is 0.378 e. The van der Waals surface area contributed by atoms with Gasteiger partial charge < -0.3 is 15.3 Å². The molecule has 0 fully saturated rings. The van der Waals surface area contributed by atoms with Crippen molar-refractivity contribution in [2.45, 2.75) is 0 Å². The highest BCUT2D eigenvalue weighted by Gasteiger charge is 2.12. The molecule has 6 nitrogen and oxygen atoms in total. The van der Waals surface area contributed by atoms with E-state index < -0.39 is 17.7 Å². The Morgan fingerprint density at radius 1 is 1.22 bits per heavy atom. The lowest BCUT2D eigenvalue weighted by Crippen LogP contribution is -2.04. The number of carboxylic acids is 1. The van der Waals surface area contributed by atoms with Gasteiger partial charge in [-0.1, -0.05) is 0 Å². The maximum atomic E-state index is 9.64. The molecule has 52 valence electrons. The third-order valence-electron chi connectivity index (χ3n) is 0.492. The monoisotopic (exact) mass is 136 g/mol. The summed E-state index contributed by atoms with van der Waals surface area (Å²) < 4.78 is 0. The summed E-state index contributed by atoms with van der Waals surface area (Å²) in [7, 11) is 0. The minimum atomic E-state index is -1.79. The zero-order valence-electron chi connectivity index (χ0n) is 4.11. The lowest BCUT2D eigenvalue weighted by atomic mass is 10.5. The molecule has 0 aliphatic rings. The second-order valence-corrected chi connectivity index (χ2v) is 1.05. The first-order valence-corrected chi connectivity index (χ1v) is 1.76. The van der Waals surface area contributed by atoms with Gasteiger partial charge in [-0.05, 0) is 0 Å². The van der Waals surface area contributed by atoms with Crippen LogP contribution in [0.5, 0.6) is 0 Å². The van der Waals surface area contributed by atoms with Gasteiger partial charge in [-0.25, -0.2) is 4.79 Å². The summed E-state index contributed by atoms with van der Waals surface area (Å²) in [6.07, 6.45) is 0. The van der Waals surface area contributed by atoms with Gasteiger partial charge >= 0.3 is 11.9 Å². The molecule has 0 rings (SSSR count). The summed E-state index contributed by atoms with van der Waals surface area (Å²) in [5, 5.41) is 31.6. The Labute approximate surface area is 49.2 Å². The quantitative estimate of drug-likeness (QED) is 0.182. The Morgan fingerprint density at radius 2 is 1.67 bits per heavy atom. The molecule has 0 aromatic heterocycles. The van der Waals surface area contributed by atoms with Crippen LogP contribution in [0.15, 0.2) is 11.7 Å². The summed E-state index contributed by atoms with van der Waals surface area (Å²) in [5.41, 5.74) is 0. The Hall–Kier alpha value is -1.43. The predicted molar refractivity (Wildman–Crippen MR) is 23.6 cm³/mol. The van der Waals surface area contributed by atoms with E-state index in [2.05, 4.69) is 4.89 Å². The van der Waals surface area contributed by atoms with Crippen molar-refractivity contribution < 1.29 is 30.3 Å². The highest BCUT2D eigenvalue weighted by molar-refractivity contribution is 5.83. The van der Waals surface area contributed by atoms with E-state index >= 15 is 0 Å². The lowest BCUT2D eigenvalue weighted by Gasteiger charge is -1.93. The number of carboxylic acid groups (broad SMARTS) is 1. The minimum absolute atomic E-state index is 1.44. The van der Waals surface area contributed by atoms with Crippen molar-refractivity contribution in [3.8, 4) is 0 Å². The largest absolute Gasteiger partial charge is 0.497 e. The van der Waals surface area contributed by atoms with E-state index in [1.165, 1.54) is 0 Å². The molecule has 6 heteroatoms. The van der Waals surface area contributed by atoms with Gasteiger partial charge in [0.15, 0.2) is 0 Å². The van der Waals surface area contributed by atoms with E-state index in [1.807, 2.05) is 0 Å². The standard InChI is InChI=1S/C3H4O6/c4-1(2(5)6)3(7)9-8/h4,7-8H,(H,5,6). The first-order chi connectivity index (χ1) is 4.09. The van der Waals surface area contributed by atoms with Crippen molar-refractivity contribution in [2.75, 3.05) is 0 Å². The van der Waals surface area contributed by atoms with Crippen LogP contribution in [0.1, 0.15) is 0 Å². The average molecular weight is 136 g/mol. The van der Waals surface area contributed by atoms with Gasteiger partial charge in [0.05, 0.1) is 0 Å². The van der Waals surface area contributed by atoms with Crippen molar-refractivity contribution in [3.63, 3.8) is 0 Å². The fraction of sp³-hybridized carbons (Fsp3) is 0. The van der Waals surface area contributed by atoms with Crippen molar-refractivity contribution >= 4 is 5.97 Å². The Bertz CT molecular complexity index is 146. The van der Waals surface area contributed by atoms with Crippen molar-refractivity contribution in [1.82, 2.24) is 0 Å². The third-order valence-corrected chi connectivity index (χ3v) is 0.492. The van der Waals surface area contributed by atoms with Gasteiger partial charge in [-0.2, -0.15) is 5.26 Å². The normalized spacial score (nSPS) is 12.1. The smallest absolute Gasteiger partial charge is 0.378 e. The van der Waals surface area contributed by atoms with Crippen molar-refractivity contribution in [3.05, 3.63) is 11.7 Å². The van der Waals surface area contributed by atoms with Crippen LogP contribution >= 0.6 is 0 Å². The number of hydrogen-bond acceptors (Lipinski definition) is 5. The summed E-state index contributed by atoms with van der Waals surface area (Å²) in [4.78, 5) is 12.6. The average Bonchev–Trinajstić information content (AvgIpc) is 1.84. The summed E-state index contributed by atoms with van der Waals surface area (Å²) in [6, 6.07) is 0. The van der Waals surface area contributed by atoms with Crippen molar-refractivity contribution in [2.24, 2.45) is 0 Å². The Morgan fingerprint density at radius 3 is 1.78 bits per heavy atom. The van der Waals surface area contributed by atoms with E-state index in [1.54, 1.807) is 0 Å². The van der Waals surface area contributed by atoms with Crippen LogP contribution in [0.4, 0.5) is 0 Å². The molecule has 0 spiro atoms. The van der Waals surface area contributed by atoms with E-state index in [0.717, 1.165) is 0 Å². The third kappa shape index (κ3) is 1.87. The molecule has 0 unspecified atom stereocenters. The molecule has 0 saturated carbocycles. The summed E-state index contributed by atoms with van der Waals surface area (Å²) in [6.45, 7) is 0. The van der Waals surface area contributed by atoms with Gasteiger partial charge in [0.1, 0.15) is 0 Å². The van der Waals surface area contributed by atoms with E-state index in [0.29, 0.717) is 0 Å². The number of hydrogen-bond donors (Lipinski definition) is 4. The molecule has 4 N–H and O–H groups in total. The fourth-order valence-corrected chi connectivity index (χ4v) is 0.135. The number of carbonyl (C=O) groups is 1. The van der Waals surface area contributed by atoms with Gasteiger partial charge in [0.2, 0.25) is 0 Å². The van der Waals surface area contributed by atoms with Crippen LogP contribution in [-0.2, 0) is 9.68 Å². The van der Waals surface area contributed by atoms with Gasteiger partial charge in [0.25, 0.3) is 5.76 Å². The molecule has 0 radical (unpaired) electrons. The van der Waals surface area contributed by atoms with Crippen LogP contribution in [-0.4, -0.2) is 26.5 Å². The first-order valence-electron chi connectivity index (χ1n) is 1.76. The fourth-order valence-electron chi connectivity index (χ4n) is 0.135. The molecular formula is C3H4O6. The van der Waals surface area contributed by atoms with Gasteiger partial charge in [-0.15, -0.1) is 0 Å². The second kappa shape index (κ2) is 2.78. The summed E-state index contributed by atoms with van der Waals surface area (Å²) in [5.74, 6) is -4.68. The number of rotatable bonds is 2. The Balaban J connectivity index is 4.28. The molecule has 0 aromatic rings. The zero-order chi connectivity index (χ0) is 7.44. The topological polar surface area (TPSA) is 107 Å². The molecule has 0 saturated heterocycles. The molecule has 0 aliphatic heterocycles. The highest BCUT2D eigenvalue weighted by Crippen LogP contribution is 1.95. The molecular weight excluding hydrogens is 132 g/mol. The number of aliphatic hydroxyl groups is 2. The van der Waals surface area contributed by atoms with Crippen LogP contribution in [0, 0.1) is 0 Å². The lowest BCUT2D eigenvalue weighted by molar-refractivity contribution is -0.239. The van der Waals surface area contributed by atoms with Crippen molar-refractivity contribution in [1.29, 1.82) is 0 Å². The van der Waals surface area contributed by atoms with Gasteiger partial charge in [0, 0.05) is 0 Å². The maximum absolute atomic E-state index is 9.64. The van der Waals surface area contributed by atoms with Crippen LogP contribution in [0.2, 0.25) is 0 Å². The van der Waals surface area contributed by atoms with E-state index in [4.69, 9.17) is 20.6 Å². The van der Waals surface area contributed by atoms with Crippen LogP contribution < -0.4 is 0 Å². The zero-order valence-corrected chi connectivity index (χ0v) is 4.11. The Kier molecular flexibility index (Phi) is 2.33. The molecule has 0 heterocycles. The highest BCUT2D eigenvalue weighted by atomic mass is 17.1. The molecule has 0 atom stereocenters. The molecule has 0 aromatic carbocycles. The summed E-state index contributed by atoms with van der Waals surface area (Å²) >= 11 is 0. The van der Waals surface area contributed by atoms with Crippen LogP contribution in [0.25, 0.3) is 0 Å². The predicted octanol–water partition coefficient (Wildman–Crippen LogP) is -0.154. The van der Waals surface area contributed by atoms with Crippen LogP contribution in [0.3, 0.4) is 0 Å². The number of aliphatic carboxylic acids is 1. The SMILES string of the molecule is O=C(O)C(O)=C(O)OO. The molecule has 0 aliphatic carbocycles. The minimum Gasteiger partial charge on any atom is -0.497 e. The molecule has 0 amide bonds. The molecule has 0 bridgehead atoms. The number of aliphatic hydroxyl groups excluding tert-OH is 2. The van der Waals surface area contributed by atoms with E-state index in [9.17, 15) is 4.79 Å². The van der Waals surface area contributed by atoms with Gasteiger partial charge in [-0.3, -0.25) is 4.89 Å². The van der Waals surface area contributed by atoms with E-state index in [-0.39, 0.29) is 0 Å². The second-order valence-electron chi connectivity index (χ2n) is 1.05. The molecule has 9 heavy (non-hydrogen) atoms.